The fraction of sp³-hybridized carbons (Fsp3) is 0.667. The van der Waals surface area contributed by atoms with E-state index in [1.165, 1.54) is 25.7 Å². The van der Waals surface area contributed by atoms with Crippen molar-refractivity contribution in [3.63, 3.8) is 0 Å². The van der Waals surface area contributed by atoms with Gasteiger partial charge in [0.2, 0.25) is 5.95 Å². The number of imidazole rings is 1. The summed E-state index contributed by atoms with van der Waals surface area (Å²) < 4.78 is 1.92. The van der Waals surface area contributed by atoms with Crippen molar-refractivity contribution in [2.45, 2.75) is 31.6 Å². The predicted octanol–water partition coefficient (Wildman–Crippen LogP) is 2.31. The van der Waals surface area contributed by atoms with Gasteiger partial charge in [0.25, 0.3) is 0 Å². The standard InChI is InChI=1S/C9H14ClN3/c1-13-7(6-4-2-3-5-6)8(10)12-9(13)11/h6H,2-5H2,1H3,(H2,11,12). The minimum atomic E-state index is 0.520. The molecule has 1 fully saturated rings. The molecule has 0 bridgehead atoms. The van der Waals surface area contributed by atoms with Crippen LogP contribution in [0, 0.1) is 0 Å². The lowest BCUT2D eigenvalue weighted by atomic mass is 10.1. The van der Waals surface area contributed by atoms with Crippen LogP contribution < -0.4 is 5.73 Å². The number of nitrogens with two attached hydrogens (primary N) is 1. The highest BCUT2D eigenvalue weighted by molar-refractivity contribution is 6.30. The molecule has 1 aromatic rings. The van der Waals surface area contributed by atoms with Gasteiger partial charge in [-0.25, -0.2) is 4.98 Å². The van der Waals surface area contributed by atoms with E-state index in [2.05, 4.69) is 4.98 Å². The first-order valence-electron chi connectivity index (χ1n) is 4.67. The molecule has 0 spiro atoms. The van der Waals surface area contributed by atoms with Crippen molar-refractivity contribution >= 4 is 17.5 Å². The first-order chi connectivity index (χ1) is 6.20. The van der Waals surface area contributed by atoms with E-state index >= 15 is 0 Å². The fourth-order valence-corrected chi connectivity index (χ4v) is 2.50. The first-order valence-corrected chi connectivity index (χ1v) is 5.05. The summed E-state index contributed by atoms with van der Waals surface area (Å²) in [5, 5.41) is 0.590. The average molecular weight is 200 g/mol. The van der Waals surface area contributed by atoms with E-state index in [0.717, 1.165) is 5.69 Å². The summed E-state index contributed by atoms with van der Waals surface area (Å²) in [5.41, 5.74) is 6.80. The molecule has 0 aliphatic heterocycles. The van der Waals surface area contributed by atoms with Crippen LogP contribution in [0.15, 0.2) is 0 Å². The molecule has 0 saturated heterocycles. The summed E-state index contributed by atoms with van der Waals surface area (Å²) >= 11 is 6.02. The molecule has 4 heteroatoms. The second-order valence-electron chi connectivity index (χ2n) is 3.69. The summed E-state index contributed by atoms with van der Waals surface area (Å²) in [5.74, 6) is 1.09. The van der Waals surface area contributed by atoms with E-state index in [1.54, 1.807) is 0 Å². The lowest BCUT2D eigenvalue weighted by Crippen LogP contribution is -2.04. The summed E-state index contributed by atoms with van der Waals surface area (Å²) in [6, 6.07) is 0. The Kier molecular flexibility index (Phi) is 2.20. The third-order valence-corrected chi connectivity index (χ3v) is 3.15. The maximum absolute atomic E-state index is 6.02. The molecule has 0 atom stereocenters. The fourth-order valence-electron chi connectivity index (χ4n) is 2.14. The molecule has 3 nitrogen and oxygen atoms in total. The van der Waals surface area contributed by atoms with Gasteiger partial charge < -0.3 is 10.3 Å². The number of hydrogen-bond acceptors (Lipinski definition) is 2. The Morgan fingerprint density at radius 1 is 1.46 bits per heavy atom. The van der Waals surface area contributed by atoms with Crippen molar-refractivity contribution in [3.8, 4) is 0 Å². The van der Waals surface area contributed by atoms with Gasteiger partial charge >= 0.3 is 0 Å². The van der Waals surface area contributed by atoms with Gasteiger partial charge in [-0.2, -0.15) is 0 Å². The molecule has 0 aromatic carbocycles. The topological polar surface area (TPSA) is 43.8 Å². The number of hydrogen-bond donors (Lipinski definition) is 1. The van der Waals surface area contributed by atoms with Crippen LogP contribution in [0.2, 0.25) is 5.15 Å². The number of halogens is 1. The zero-order chi connectivity index (χ0) is 9.42. The Bertz CT molecular complexity index is 313. The first kappa shape index (κ1) is 8.88. The molecule has 1 heterocycles. The summed E-state index contributed by atoms with van der Waals surface area (Å²) in [4.78, 5) is 4.06. The summed E-state index contributed by atoms with van der Waals surface area (Å²) in [6.45, 7) is 0. The minimum Gasteiger partial charge on any atom is -0.369 e. The van der Waals surface area contributed by atoms with Gasteiger partial charge in [-0.3, -0.25) is 0 Å². The van der Waals surface area contributed by atoms with Crippen LogP contribution >= 0.6 is 11.6 Å². The van der Waals surface area contributed by atoms with Crippen LogP contribution in [0.25, 0.3) is 0 Å². The molecule has 72 valence electrons. The number of aromatic nitrogens is 2. The Hall–Kier alpha value is -0.700. The second-order valence-corrected chi connectivity index (χ2v) is 4.04. The maximum atomic E-state index is 6.02. The van der Waals surface area contributed by atoms with Gasteiger partial charge in [0.15, 0.2) is 5.15 Å². The van der Waals surface area contributed by atoms with Crippen LogP contribution in [0.4, 0.5) is 5.95 Å². The van der Waals surface area contributed by atoms with E-state index in [1.807, 2.05) is 11.6 Å². The van der Waals surface area contributed by atoms with E-state index in [-0.39, 0.29) is 0 Å². The van der Waals surface area contributed by atoms with Gasteiger partial charge in [-0.1, -0.05) is 24.4 Å². The number of anilines is 1. The van der Waals surface area contributed by atoms with Crippen LogP contribution in [-0.4, -0.2) is 9.55 Å². The quantitative estimate of drug-likeness (QED) is 0.755. The highest BCUT2D eigenvalue weighted by Gasteiger charge is 2.24. The lowest BCUT2D eigenvalue weighted by Gasteiger charge is -2.10. The van der Waals surface area contributed by atoms with Crippen LogP contribution in [-0.2, 0) is 7.05 Å². The molecular formula is C9H14ClN3. The van der Waals surface area contributed by atoms with Gasteiger partial charge in [0, 0.05) is 13.0 Å². The van der Waals surface area contributed by atoms with E-state index in [0.29, 0.717) is 17.0 Å². The SMILES string of the molecule is Cn1c(N)nc(Cl)c1C1CCCC1. The smallest absolute Gasteiger partial charge is 0.201 e. The average Bonchev–Trinajstić information content (AvgIpc) is 2.63. The maximum Gasteiger partial charge on any atom is 0.201 e. The molecule has 1 aliphatic carbocycles. The Morgan fingerprint density at radius 3 is 2.54 bits per heavy atom. The number of rotatable bonds is 1. The van der Waals surface area contributed by atoms with Crippen LogP contribution in [0.3, 0.4) is 0 Å². The number of nitrogens with zero attached hydrogens (tertiary/aromatic N) is 2. The van der Waals surface area contributed by atoms with Crippen molar-refractivity contribution < 1.29 is 0 Å². The highest BCUT2D eigenvalue weighted by Crippen LogP contribution is 2.37. The monoisotopic (exact) mass is 199 g/mol. The largest absolute Gasteiger partial charge is 0.369 e. The highest BCUT2D eigenvalue weighted by atomic mass is 35.5. The van der Waals surface area contributed by atoms with Crippen LogP contribution in [0.5, 0.6) is 0 Å². The lowest BCUT2D eigenvalue weighted by molar-refractivity contribution is 0.660. The minimum absolute atomic E-state index is 0.520. The normalized spacial score (nSPS) is 18.3. The van der Waals surface area contributed by atoms with Crippen molar-refractivity contribution in [3.05, 3.63) is 10.8 Å². The Labute approximate surface area is 82.9 Å². The molecule has 0 radical (unpaired) electrons. The van der Waals surface area contributed by atoms with E-state index in [9.17, 15) is 0 Å². The zero-order valence-corrected chi connectivity index (χ0v) is 8.51. The van der Waals surface area contributed by atoms with Crippen LogP contribution in [0.1, 0.15) is 37.3 Å². The van der Waals surface area contributed by atoms with Crippen molar-refractivity contribution in [1.29, 1.82) is 0 Å². The second kappa shape index (κ2) is 3.22. The third-order valence-electron chi connectivity index (χ3n) is 2.87. The Balaban J connectivity index is 2.37. The Morgan fingerprint density at radius 2 is 2.08 bits per heavy atom. The van der Waals surface area contributed by atoms with E-state index in [4.69, 9.17) is 17.3 Å². The molecule has 1 aromatic heterocycles. The van der Waals surface area contributed by atoms with Crippen molar-refractivity contribution in [2.75, 3.05) is 5.73 Å². The molecule has 13 heavy (non-hydrogen) atoms. The number of nitrogen functional groups attached to an aromatic ring is 1. The van der Waals surface area contributed by atoms with Gasteiger partial charge in [0.1, 0.15) is 0 Å². The molecular weight excluding hydrogens is 186 g/mol. The molecule has 0 unspecified atom stereocenters. The van der Waals surface area contributed by atoms with Crippen molar-refractivity contribution in [1.82, 2.24) is 9.55 Å². The predicted molar refractivity (Wildman–Crippen MR) is 53.8 cm³/mol. The molecule has 1 aliphatic rings. The zero-order valence-electron chi connectivity index (χ0n) is 7.76. The molecule has 2 N–H and O–H groups in total. The van der Waals surface area contributed by atoms with Gasteiger partial charge in [0.05, 0.1) is 5.69 Å². The molecule has 2 rings (SSSR count). The van der Waals surface area contributed by atoms with E-state index < -0.39 is 0 Å². The summed E-state index contributed by atoms with van der Waals surface area (Å²) in [7, 11) is 1.93. The summed E-state index contributed by atoms with van der Waals surface area (Å²) in [6.07, 6.45) is 5.04. The van der Waals surface area contributed by atoms with Gasteiger partial charge in [-0.05, 0) is 12.8 Å². The molecule has 0 amide bonds. The van der Waals surface area contributed by atoms with Crippen molar-refractivity contribution in [2.24, 2.45) is 7.05 Å². The third kappa shape index (κ3) is 1.41. The van der Waals surface area contributed by atoms with Gasteiger partial charge in [-0.15, -0.1) is 0 Å². The molecule has 1 saturated carbocycles.